The van der Waals surface area contributed by atoms with Crippen LogP contribution < -0.4 is 20.9 Å². The summed E-state index contributed by atoms with van der Waals surface area (Å²) in [4.78, 5) is 22.3. The summed E-state index contributed by atoms with van der Waals surface area (Å²) >= 11 is 0. The van der Waals surface area contributed by atoms with Crippen molar-refractivity contribution in [2.75, 3.05) is 39.1 Å². The van der Waals surface area contributed by atoms with Crippen LogP contribution in [0.1, 0.15) is 32.9 Å². The summed E-state index contributed by atoms with van der Waals surface area (Å²) < 4.78 is 5.18. The van der Waals surface area contributed by atoms with Crippen LogP contribution in [0, 0.1) is 0 Å². The fourth-order valence-electron chi connectivity index (χ4n) is 2.01. The summed E-state index contributed by atoms with van der Waals surface area (Å²) in [6.45, 7) is 7.32. The van der Waals surface area contributed by atoms with Gasteiger partial charge in [0.05, 0.1) is 12.2 Å². The Bertz CT molecular complexity index is 596. The number of amides is 1. The van der Waals surface area contributed by atoms with E-state index < -0.39 is 11.7 Å². The fourth-order valence-corrected chi connectivity index (χ4v) is 2.01. The molecule has 0 aliphatic carbocycles. The molecule has 3 N–H and O–H groups in total. The number of pyridine rings is 1. The minimum atomic E-state index is -0.480. The first-order valence-corrected chi connectivity index (χ1v) is 8.76. The molecule has 8 nitrogen and oxygen atoms in total. The number of hydrogen-bond acceptors (Lipinski definition) is 5. The Morgan fingerprint density at radius 3 is 2.50 bits per heavy atom. The number of nitrogens with one attached hydrogen (secondary N) is 3. The van der Waals surface area contributed by atoms with Gasteiger partial charge in [-0.05, 0) is 39.3 Å². The Balaban J connectivity index is 2.27. The number of rotatable bonds is 7. The third kappa shape index (κ3) is 9.10. The minimum absolute atomic E-state index is 0.396. The normalized spacial score (nSPS) is 11.7. The van der Waals surface area contributed by atoms with Gasteiger partial charge in [0.1, 0.15) is 11.4 Å². The highest BCUT2D eigenvalue weighted by molar-refractivity contribution is 5.79. The van der Waals surface area contributed by atoms with Crippen molar-refractivity contribution in [2.45, 2.75) is 39.3 Å². The van der Waals surface area contributed by atoms with Gasteiger partial charge in [-0.25, -0.2) is 9.78 Å². The van der Waals surface area contributed by atoms with Gasteiger partial charge in [0, 0.05) is 34.2 Å². The topological polar surface area (TPSA) is 90.9 Å². The molecule has 0 bridgehead atoms. The molecule has 146 valence electrons. The molecule has 0 fully saturated rings. The van der Waals surface area contributed by atoms with Gasteiger partial charge in [-0.2, -0.15) is 0 Å². The average molecular weight is 364 g/mol. The maximum atomic E-state index is 11.5. The monoisotopic (exact) mass is 364 g/mol. The van der Waals surface area contributed by atoms with Crippen molar-refractivity contribution in [3.05, 3.63) is 23.9 Å². The molecule has 0 aliphatic rings. The van der Waals surface area contributed by atoms with Crippen LogP contribution in [0.25, 0.3) is 0 Å². The minimum Gasteiger partial charge on any atom is -0.444 e. The summed E-state index contributed by atoms with van der Waals surface area (Å²) in [7, 11) is 5.65. The van der Waals surface area contributed by atoms with Crippen LogP contribution in [0.5, 0.6) is 0 Å². The van der Waals surface area contributed by atoms with Gasteiger partial charge in [-0.15, -0.1) is 0 Å². The molecule has 0 aromatic carbocycles. The van der Waals surface area contributed by atoms with E-state index in [1.165, 1.54) is 0 Å². The molecule has 0 radical (unpaired) electrons. The number of alkyl carbamates (subject to hydrolysis) is 1. The van der Waals surface area contributed by atoms with Crippen molar-refractivity contribution >= 4 is 17.9 Å². The summed E-state index contributed by atoms with van der Waals surface area (Å²) in [5.41, 5.74) is 0.456. The van der Waals surface area contributed by atoms with E-state index in [9.17, 15) is 4.79 Å². The van der Waals surface area contributed by atoms with Crippen LogP contribution >= 0.6 is 0 Å². The van der Waals surface area contributed by atoms with Crippen LogP contribution in [0.4, 0.5) is 10.6 Å². The third-order valence-electron chi connectivity index (χ3n) is 3.23. The number of ether oxygens (including phenoxy) is 1. The lowest BCUT2D eigenvalue weighted by molar-refractivity contribution is 0.0527. The van der Waals surface area contributed by atoms with Crippen molar-refractivity contribution in [2.24, 2.45) is 4.99 Å². The van der Waals surface area contributed by atoms with Crippen molar-refractivity contribution in [3.8, 4) is 0 Å². The average Bonchev–Trinajstić information content (AvgIpc) is 2.56. The zero-order chi connectivity index (χ0) is 19.6. The molecular weight excluding hydrogens is 332 g/mol. The van der Waals surface area contributed by atoms with Gasteiger partial charge >= 0.3 is 6.09 Å². The maximum Gasteiger partial charge on any atom is 0.407 e. The molecule has 0 spiro atoms. The number of aliphatic imine (C=N–C) groups is 1. The van der Waals surface area contributed by atoms with Gasteiger partial charge in [-0.3, -0.25) is 4.99 Å². The number of hydrogen-bond donors (Lipinski definition) is 3. The first-order chi connectivity index (χ1) is 12.2. The molecule has 0 saturated heterocycles. The van der Waals surface area contributed by atoms with E-state index in [1.807, 2.05) is 58.0 Å². The van der Waals surface area contributed by atoms with Crippen molar-refractivity contribution in [3.63, 3.8) is 0 Å². The Kier molecular flexibility index (Phi) is 8.67. The van der Waals surface area contributed by atoms with Gasteiger partial charge in [0.25, 0.3) is 0 Å². The molecule has 1 heterocycles. The fraction of sp³-hybridized carbons (Fsp3) is 0.611. The first-order valence-electron chi connectivity index (χ1n) is 8.76. The van der Waals surface area contributed by atoms with Gasteiger partial charge < -0.3 is 25.6 Å². The number of anilines is 1. The quantitative estimate of drug-likeness (QED) is 0.388. The Morgan fingerprint density at radius 2 is 1.88 bits per heavy atom. The molecule has 26 heavy (non-hydrogen) atoms. The maximum absolute atomic E-state index is 11.5. The largest absolute Gasteiger partial charge is 0.444 e. The first kappa shape index (κ1) is 21.5. The van der Waals surface area contributed by atoms with E-state index in [0.717, 1.165) is 17.9 Å². The van der Waals surface area contributed by atoms with Gasteiger partial charge in [0.15, 0.2) is 5.96 Å². The highest BCUT2D eigenvalue weighted by Crippen LogP contribution is 2.07. The Labute approximate surface area is 156 Å². The third-order valence-corrected chi connectivity index (χ3v) is 3.23. The molecule has 1 amide bonds. The van der Waals surface area contributed by atoms with E-state index in [1.54, 1.807) is 7.05 Å². The molecule has 8 heteroatoms. The number of guanidine groups is 1. The SMILES string of the molecule is CN=C(NCCCNC(=O)OC(C)(C)C)NCc1cccc(N(C)C)n1. The van der Waals surface area contributed by atoms with Gasteiger partial charge in [0.2, 0.25) is 0 Å². The van der Waals surface area contributed by atoms with E-state index in [-0.39, 0.29) is 0 Å². The number of carbonyl (C=O) groups is 1. The second-order valence-corrected chi connectivity index (χ2v) is 7.02. The zero-order valence-corrected chi connectivity index (χ0v) is 16.7. The molecule has 1 aromatic heterocycles. The van der Waals surface area contributed by atoms with E-state index in [0.29, 0.717) is 25.6 Å². The molecule has 1 rings (SSSR count). The van der Waals surface area contributed by atoms with Crippen LogP contribution in [0.3, 0.4) is 0 Å². The molecule has 1 aromatic rings. The standard InChI is InChI=1S/C18H32N6O2/c1-18(2,3)26-17(25)21-12-8-11-20-16(19-4)22-13-14-9-7-10-15(23-14)24(5)6/h7,9-10H,8,11-13H2,1-6H3,(H,21,25)(H2,19,20,22). The highest BCUT2D eigenvalue weighted by Gasteiger charge is 2.15. The second-order valence-electron chi connectivity index (χ2n) is 7.02. The van der Waals surface area contributed by atoms with E-state index in [4.69, 9.17) is 4.74 Å². The summed E-state index contributed by atoms with van der Waals surface area (Å²) in [6, 6.07) is 5.92. The zero-order valence-electron chi connectivity index (χ0n) is 16.7. The van der Waals surface area contributed by atoms with Crippen LogP contribution in [0.15, 0.2) is 23.2 Å². The predicted molar refractivity (Wildman–Crippen MR) is 106 cm³/mol. The van der Waals surface area contributed by atoms with Crippen LogP contribution in [-0.2, 0) is 11.3 Å². The lowest BCUT2D eigenvalue weighted by Gasteiger charge is -2.19. The molecule has 0 aliphatic heterocycles. The Morgan fingerprint density at radius 1 is 1.19 bits per heavy atom. The van der Waals surface area contributed by atoms with Crippen LogP contribution in [-0.4, -0.2) is 56.9 Å². The van der Waals surface area contributed by atoms with Crippen molar-refractivity contribution in [1.29, 1.82) is 0 Å². The predicted octanol–water partition coefficient (Wildman–Crippen LogP) is 1.73. The molecule has 0 saturated carbocycles. The summed E-state index contributed by atoms with van der Waals surface area (Å²) in [5, 5.41) is 9.17. The number of aromatic nitrogens is 1. The second kappa shape index (κ2) is 10.5. The Hall–Kier alpha value is -2.51. The highest BCUT2D eigenvalue weighted by atomic mass is 16.6. The smallest absolute Gasteiger partial charge is 0.407 e. The van der Waals surface area contributed by atoms with Gasteiger partial charge in [-0.1, -0.05) is 6.07 Å². The van der Waals surface area contributed by atoms with E-state index >= 15 is 0 Å². The lowest BCUT2D eigenvalue weighted by atomic mass is 10.2. The van der Waals surface area contributed by atoms with Crippen molar-refractivity contribution in [1.82, 2.24) is 20.9 Å². The molecular formula is C18H32N6O2. The molecule has 0 atom stereocenters. The van der Waals surface area contributed by atoms with Crippen LogP contribution in [0.2, 0.25) is 0 Å². The van der Waals surface area contributed by atoms with E-state index in [2.05, 4.69) is 25.9 Å². The lowest BCUT2D eigenvalue weighted by Crippen LogP contribution is -2.39. The van der Waals surface area contributed by atoms with Crippen molar-refractivity contribution < 1.29 is 9.53 Å². The number of carbonyl (C=O) groups excluding carboxylic acids is 1. The number of nitrogens with zero attached hydrogens (tertiary/aromatic N) is 3. The molecule has 0 unspecified atom stereocenters. The summed E-state index contributed by atoms with van der Waals surface area (Å²) in [6.07, 6.45) is 0.362. The summed E-state index contributed by atoms with van der Waals surface area (Å²) in [5.74, 6) is 1.61.